The third-order valence-electron chi connectivity index (χ3n) is 2.57. The van der Waals surface area contributed by atoms with E-state index in [1.54, 1.807) is 7.05 Å². The summed E-state index contributed by atoms with van der Waals surface area (Å²) in [6.07, 6.45) is 1.82. The lowest BCUT2D eigenvalue weighted by molar-refractivity contribution is -0.137. The van der Waals surface area contributed by atoms with E-state index in [1.165, 1.54) is 17.2 Å². The molecule has 1 N–H and O–H groups in total. The van der Waals surface area contributed by atoms with Crippen molar-refractivity contribution in [2.24, 2.45) is 0 Å². The number of ether oxygens (including phenoxy) is 1. The van der Waals surface area contributed by atoms with Crippen LogP contribution in [0, 0.1) is 0 Å². The molecule has 7 heteroatoms. The first-order chi connectivity index (χ1) is 9.45. The van der Waals surface area contributed by atoms with Crippen molar-refractivity contribution in [3.8, 4) is 5.88 Å². The molecule has 1 amide bonds. The zero-order valence-corrected chi connectivity index (χ0v) is 12.2. The molecule has 6 nitrogen and oxygen atoms in total. The molecule has 0 aliphatic heterocycles. The molecule has 1 aromatic rings. The maximum atomic E-state index is 12.1. The molecule has 1 rings (SSSR count). The summed E-state index contributed by atoms with van der Waals surface area (Å²) in [5.74, 6) is -0.844. The molecule has 0 aliphatic carbocycles. The number of carboxylic acid groups (broad SMARTS) is 1. The van der Waals surface area contributed by atoms with Crippen LogP contribution in [-0.4, -0.2) is 47.1 Å². The van der Waals surface area contributed by atoms with Crippen LogP contribution in [-0.2, 0) is 4.79 Å². The number of carbonyl (C=O) groups is 2. The lowest BCUT2D eigenvalue weighted by Gasteiger charge is -2.17. The van der Waals surface area contributed by atoms with E-state index < -0.39 is 5.97 Å². The average Bonchev–Trinajstić information content (AvgIpc) is 2.40. The highest BCUT2D eigenvalue weighted by molar-refractivity contribution is 6.32. The van der Waals surface area contributed by atoms with E-state index in [1.807, 2.05) is 6.92 Å². The number of rotatable bonds is 7. The highest BCUT2D eigenvalue weighted by Crippen LogP contribution is 2.22. The molecule has 0 atom stereocenters. The highest BCUT2D eigenvalue weighted by Gasteiger charge is 2.14. The molecule has 110 valence electrons. The quantitative estimate of drug-likeness (QED) is 0.834. The molecular weight excluding hydrogens is 284 g/mol. The van der Waals surface area contributed by atoms with Crippen LogP contribution in [0.5, 0.6) is 5.88 Å². The van der Waals surface area contributed by atoms with Gasteiger partial charge in [0.2, 0.25) is 5.88 Å². The number of pyridine rings is 1. The molecule has 0 bridgehead atoms. The van der Waals surface area contributed by atoms with Gasteiger partial charge in [0.15, 0.2) is 0 Å². The second kappa shape index (κ2) is 7.69. The largest absolute Gasteiger partial charge is 0.481 e. The predicted octanol–water partition coefficient (Wildman–Crippen LogP) is 2.07. The Hall–Kier alpha value is -1.82. The molecule has 0 aliphatic rings. The van der Waals surface area contributed by atoms with Crippen molar-refractivity contribution in [2.75, 3.05) is 20.2 Å². The Bertz CT molecular complexity index is 493. The second-order valence-electron chi connectivity index (χ2n) is 4.17. The number of carbonyl (C=O) groups excluding carboxylic acids is 1. The lowest BCUT2D eigenvalue weighted by atomic mass is 10.2. The molecule has 1 aromatic heterocycles. The minimum absolute atomic E-state index is 0.0277. The van der Waals surface area contributed by atoms with E-state index in [-0.39, 0.29) is 17.4 Å². The van der Waals surface area contributed by atoms with Crippen molar-refractivity contribution in [3.63, 3.8) is 0 Å². The standard InChI is InChI=1S/C13H17ClN2O4/c1-3-20-12-10(14)7-9(8-15-12)13(19)16(2)6-4-5-11(17)18/h7-8H,3-6H2,1-2H3,(H,17,18). The van der Waals surface area contributed by atoms with Crippen molar-refractivity contribution in [1.29, 1.82) is 0 Å². The van der Waals surface area contributed by atoms with Crippen LogP contribution in [0.2, 0.25) is 5.02 Å². The molecule has 0 radical (unpaired) electrons. The number of carboxylic acids is 1. The van der Waals surface area contributed by atoms with Crippen LogP contribution in [0.1, 0.15) is 30.1 Å². The summed E-state index contributed by atoms with van der Waals surface area (Å²) in [7, 11) is 1.61. The van der Waals surface area contributed by atoms with Crippen molar-refractivity contribution >= 4 is 23.5 Å². The van der Waals surface area contributed by atoms with Gasteiger partial charge in [-0.25, -0.2) is 4.98 Å². The van der Waals surface area contributed by atoms with E-state index in [4.69, 9.17) is 21.4 Å². The van der Waals surface area contributed by atoms with Crippen molar-refractivity contribution in [1.82, 2.24) is 9.88 Å². The Morgan fingerprint density at radius 2 is 2.20 bits per heavy atom. The number of nitrogens with zero attached hydrogens (tertiary/aromatic N) is 2. The molecular formula is C13H17ClN2O4. The number of halogens is 1. The highest BCUT2D eigenvalue weighted by atomic mass is 35.5. The first-order valence-electron chi connectivity index (χ1n) is 6.21. The zero-order chi connectivity index (χ0) is 15.1. The molecule has 1 heterocycles. The third kappa shape index (κ3) is 4.70. The van der Waals surface area contributed by atoms with Crippen molar-refractivity contribution in [3.05, 3.63) is 22.8 Å². The van der Waals surface area contributed by atoms with Gasteiger partial charge in [-0.2, -0.15) is 0 Å². The summed E-state index contributed by atoms with van der Waals surface area (Å²) < 4.78 is 5.19. The fraction of sp³-hybridized carbons (Fsp3) is 0.462. The minimum Gasteiger partial charge on any atom is -0.481 e. The normalized spacial score (nSPS) is 10.2. The number of amides is 1. The van der Waals surface area contributed by atoms with Gasteiger partial charge in [0, 0.05) is 26.2 Å². The van der Waals surface area contributed by atoms with Gasteiger partial charge < -0.3 is 14.7 Å². The molecule has 0 aromatic carbocycles. The van der Waals surface area contributed by atoms with Gasteiger partial charge in [-0.15, -0.1) is 0 Å². The minimum atomic E-state index is -0.878. The van der Waals surface area contributed by atoms with Crippen LogP contribution in [0.4, 0.5) is 0 Å². The van der Waals surface area contributed by atoms with E-state index >= 15 is 0 Å². The summed E-state index contributed by atoms with van der Waals surface area (Å²) in [5, 5.41) is 8.83. The number of aliphatic carboxylic acids is 1. The van der Waals surface area contributed by atoms with E-state index in [0.29, 0.717) is 31.0 Å². The number of aromatic nitrogens is 1. The van der Waals surface area contributed by atoms with Gasteiger partial charge >= 0.3 is 5.97 Å². The predicted molar refractivity (Wildman–Crippen MR) is 74.2 cm³/mol. The van der Waals surface area contributed by atoms with Gasteiger partial charge in [0.25, 0.3) is 5.91 Å². The van der Waals surface area contributed by atoms with Gasteiger partial charge in [0.05, 0.1) is 12.2 Å². The Kier molecular flexibility index (Phi) is 6.24. The number of hydrogen-bond donors (Lipinski definition) is 1. The SMILES string of the molecule is CCOc1ncc(C(=O)N(C)CCCC(=O)O)cc1Cl. The topological polar surface area (TPSA) is 79.7 Å². The Morgan fingerprint density at radius 3 is 2.75 bits per heavy atom. The van der Waals surface area contributed by atoms with E-state index in [0.717, 1.165) is 0 Å². The number of hydrogen-bond acceptors (Lipinski definition) is 4. The van der Waals surface area contributed by atoms with Crippen LogP contribution in [0.25, 0.3) is 0 Å². The fourth-order valence-electron chi connectivity index (χ4n) is 1.57. The Morgan fingerprint density at radius 1 is 1.50 bits per heavy atom. The van der Waals surface area contributed by atoms with E-state index in [9.17, 15) is 9.59 Å². The molecule has 0 unspecified atom stereocenters. The molecule has 0 spiro atoms. The zero-order valence-electron chi connectivity index (χ0n) is 11.4. The monoisotopic (exact) mass is 300 g/mol. The summed E-state index contributed by atoms with van der Waals surface area (Å²) in [6.45, 7) is 2.61. The summed E-state index contributed by atoms with van der Waals surface area (Å²) in [5.41, 5.74) is 0.344. The third-order valence-corrected chi connectivity index (χ3v) is 2.84. The van der Waals surface area contributed by atoms with E-state index in [2.05, 4.69) is 4.98 Å². The Balaban J connectivity index is 2.66. The van der Waals surface area contributed by atoms with Crippen LogP contribution < -0.4 is 4.74 Å². The first kappa shape index (κ1) is 16.2. The second-order valence-corrected chi connectivity index (χ2v) is 4.58. The maximum absolute atomic E-state index is 12.1. The molecule has 0 saturated heterocycles. The fourth-order valence-corrected chi connectivity index (χ4v) is 1.80. The Labute approximate surface area is 122 Å². The summed E-state index contributed by atoms with van der Waals surface area (Å²) in [6, 6.07) is 1.50. The van der Waals surface area contributed by atoms with Gasteiger partial charge in [-0.05, 0) is 19.4 Å². The van der Waals surface area contributed by atoms with Gasteiger partial charge in [-0.1, -0.05) is 11.6 Å². The summed E-state index contributed by atoms with van der Waals surface area (Å²) >= 11 is 5.97. The van der Waals surface area contributed by atoms with Crippen molar-refractivity contribution in [2.45, 2.75) is 19.8 Å². The maximum Gasteiger partial charge on any atom is 0.303 e. The molecule has 0 fully saturated rings. The van der Waals surface area contributed by atoms with Gasteiger partial charge in [-0.3, -0.25) is 9.59 Å². The van der Waals surface area contributed by atoms with Crippen molar-refractivity contribution < 1.29 is 19.4 Å². The average molecular weight is 301 g/mol. The molecule has 0 saturated carbocycles. The van der Waals surface area contributed by atoms with Gasteiger partial charge in [0.1, 0.15) is 5.02 Å². The first-order valence-corrected chi connectivity index (χ1v) is 6.59. The smallest absolute Gasteiger partial charge is 0.303 e. The summed E-state index contributed by atoms with van der Waals surface area (Å²) in [4.78, 5) is 27.9. The lowest BCUT2D eigenvalue weighted by Crippen LogP contribution is -2.28. The molecule has 20 heavy (non-hydrogen) atoms. The van der Waals surface area contributed by atoms with Crippen LogP contribution in [0.3, 0.4) is 0 Å². The van der Waals surface area contributed by atoms with Crippen LogP contribution in [0.15, 0.2) is 12.3 Å². The van der Waals surface area contributed by atoms with Crippen LogP contribution >= 0.6 is 11.6 Å².